The Bertz CT molecular complexity index is 946. The lowest BCUT2D eigenvalue weighted by molar-refractivity contribution is -0.162. The van der Waals surface area contributed by atoms with Gasteiger partial charge >= 0.3 is 5.97 Å². The fraction of sp³-hybridized carbons (Fsp3) is 0.259. The predicted octanol–water partition coefficient (Wildman–Crippen LogP) is 4.12. The highest BCUT2D eigenvalue weighted by Crippen LogP contribution is 2.12. The second-order valence-electron chi connectivity index (χ2n) is 7.39. The number of carbonyl (C=O) groups excluding carboxylic acids is 2. The lowest BCUT2D eigenvalue weighted by Gasteiger charge is -2.23. The third-order valence-corrected chi connectivity index (χ3v) is 4.83. The van der Waals surface area contributed by atoms with Crippen LogP contribution in [0.1, 0.15) is 16.7 Å². The van der Waals surface area contributed by atoms with E-state index >= 15 is 0 Å². The average Bonchev–Trinajstić information content (AvgIpc) is 2.87. The largest absolute Gasteiger partial charge is 0.461 e. The van der Waals surface area contributed by atoms with Crippen LogP contribution in [0.2, 0.25) is 0 Å². The van der Waals surface area contributed by atoms with Crippen LogP contribution in [-0.4, -0.2) is 37.7 Å². The first-order chi connectivity index (χ1) is 16.2. The van der Waals surface area contributed by atoms with Crippen molar-refractivity contribution in [3.63, 3.8) is 0 Å². The summed E-state index contributed by atoms with van der Waals surface area (Å²) in [6.45, 7) is 0.479. The van der Waals surface area contributed by atoms with E-state index in [2.05, 4.69) is 0 Å². The molecule has 0 saturated carbocycles. The Hall–Kier alpha value is -3.32. The fourth-order valence-electron chi connectivity index (χ4n) is 3.06. The van der Waals surface area contributed by atoms with E-state index in [9.17, 15) is 9.59 Å². The van der Waals surface area contributed by atoms with Crippen molar-refractivity contribution in [2.75, 3.05) is 13.2 Å². The molecule has 0 radical (unpaired) electrons. The van der Waals surface area contributed by atoms with Gasteiger partial charge in [-0.25, -0.2) is 4.79 Å². The monoisotopic (exact) mass is 448 g/mol. The van der Waals surface area contributed by atoms with Crippen LogP contribution in [0, 0.1) is 0 Å². The topological polar surface area (TPSA) is 71.1 Å². The third kappa shape index (κ3) is 8.98. The summed E-state index contributed by atoms with van der Waals surface area (Å²) in [6, 6.07) is 28.6. The first-order valence-electron chi connectivity index (χ1n) is 10.8. The van der Waals surface area contributed by atoms with Gasteiger partial charge in [-0.05, 0) is 16.7 Å². The van der Waals surface area contributed by atoms with Crippen molar-refractivity contribution >= 4 is 12.3 Å². The number of esters is 1. The summed E-state index contributed by atoms with van der Waals surface area (Å²) in [7, 11) is 0. The Morgan fingerprint density at radius 2 is 1.18 bits per heavy atom. The van der Waals surface area contributed by atoms with Gasteiger partial charge in [-0.3, -0.25) is 0 Å². The van der Waals surface area contributed by atoms with Crippen molar-refractivity contribution in [2.24, 2.45) is 0 Å². The molecule has 0 aromatic heterocycles. The summed E-state index contributed by atoms with van der Waals surface area (Å²) < 4.78 is 22.5. The molecule has 3 rings (SSSR count). The number of hydrogen-bond acceptors (Lipinski definition) is 6. The molecule has 33 heavy (non-hydrogen) atoms. The van der Waals surface area contributed by atoms with Crippen LogP contribution in [0.4, 0.5) is 0 Å². The van der Waals surface area contributed by atoms with Crippen LogP contribution >= 0.6 is 0 Å². The Kier molecular flexibility index (Phi) is 10.3. The number of carbonyl (C=O) groups is 2. The molecule has 3 aromatic carbocycles. The van der Waals surface area contributed by atoms with E-state index in [1.54, 1.807) is 0 Å². The van der Waals surface area contributed by atoms with Crippen LogP contribution in [0.15, 0.2) is 91.0 Å². The number of rotatable bonds is 14. The van der Waals surface area contributed by atoms with Crippen LogP contribution in [-0.2, 0) is 48.4 Å². The SMILES string of the molecule is O=C[C@H](OCc1ccccc1)[C@@H](COC(=O)COCc1ccccc1)OCc1ccccc1. The van der Waals surface area contributed by atoms with Gasteiger partial charge < -0.3 is 23.7 Å². The lowest BCUT2D eigenvalue weighted by atomic mass is 10.2. The highest BCUT2D eigenvalue weighted by molar-refractivity contribution is 5.70. The van der Waals surface area contributed by atoms with E-state index in [1.165, 1.54) is 0 Å². The van der Waals surface area contributed by atoms with Gasteiger partial charge in [-0.2, -0.15) is 0 Å². The summed E-state index contributed by atoms with van der Waals surface area (Å²) in [5.41, 5.74) is 2.83. The molecule has 0 aliphatic rings. The number of benzene rings is 3. The molecule has 0 N–H and O–H groups in total. The van der Waals surface area contributed by atoms with Crippen molar-refractivity contribution in [1.82, 2.24) is 0 Å². The molecule has 0 fully saturated rings. The van der Waals surface area contributed by atoms with Crippen LogP contribution in [0.3, 0.4) is 0 Å². The maximum atomic E-state index is 12.2. The van der Waals surface area contributed by atoms with E-state index < -0.39 is 18.2 Å². The molecule has 172 valence electrons. The molecule has 0 aliphatic carbocycles. The van der Waals surface area contributed by atoms with Crippen LogP contribution < -0.4 is 0 Å². The van der Waals surface area contributed by atoms with E-state index in [1.807, 2.05) is 91.0 Å². The zero-order valence-electron chi connectivity index (χ0n) is 18.4. The van der Waals surface area contributed by atoms with Crippen LogP contribution in [0.25, 0.3) is 0 Å². The van der Waals surface area contributed by atoms with Crippen molar-refractivity contribution in [3.05, 3.63) is 108 Å². The zero-order valence-corrected chi connectivity index (χ0v) is 18.4. The molecule has 0 bridgehead atoms. The Morgan fingerprint density at radius 3 is 1.70 bits per heavy atom. The standard InChI is InChI=1S/C27H28O6/c28-16-25(31-18-23-12-6-2-7-13-23)26(32-19-24-14-8-3-9-15-24)20-33-27(29)21-30-17-22-10-4-1-5-11-22/h1-16,25-26H,17-21H2/t25-,26+/m0/s1. The van der Waals surface area contributed by atoms with Gasteiger partial charge in [0.2, 0.25) is 0 Å². The molecule has 3 aromatic rings. The van der Waals surface area contributed by atoms with Crippen molar-refractivity contribution in [1.29, 1.82) is 0 Å². The Balaban J connectivity index is 1.52. The molecule has 0 aliphatic heterocycles. The molecular formula is C27H28O6. The van der Waals surface area contributed by atoms with E-state index in [-0.39, 0.29) is 26.4 Å². The molecule has 0 unspecified atom stereocenters. The molecule has 0 spiro atoms. The minimum absolute atomic E-state index is 0.126. The fourth-order valence-corrected chi connectivity index (χ4v) is 3.06. The predicted molar refractivity (Wildman–Crippen MR) is 123 cm³/mol. The van der Waals surface area contributed by atoms with Gasteiger partial charge in [-0.15, -0.1) is 0 Å². The van der Waals surface area contributed by atoms with Crippen molar-refractivity contribution in [3.8, 4) is 0 Å². The van der Waals surface area contributed by atoms with Crippen LogP contribution in [0.5, 0.6) is 0 Å². The quantitative estimate of drug-likeness (QED) is 0.273. The normalized spacial score (nSPS) is 12.6. The average molecular weight is 449 g/mol. The zero-order chi connectivity index (χ0) is 23.1. The van der Waals surface area contributed by atoms with Crippen molar-refractivity contribution in [2.45, 2.75) is 32.0 Å². The number of hydrogen-bond donors (Lipinski definition) is 0. The highest BCUT2D eigenvalue weighted by Gasteiger charge is 2.25. The van der Waals surface area contributed by atoms with Gasteiger partial charge in [-0.1, -0.05) is 91.0 Å². The van der Waals surface area contributed by atoms with E-state index in [4.69, 9.17) is 18.9 Å². The highest BCUT2D eigenvalue weighted by atomic mass is 16.6. The molecule has 6 nitrogen and oxygen atoms in total. The van der Waals surface area contributed by atoms with E-state index in [0.29, 0.717) is 12.9 Å². The van der Waals surface area contributed by atoms with E-state index in [0.717, 1.165) is 16.7 Å². The molecule has 0 saturated heterocycles. The second-order valence-corrected chi connectivity index (χ2v) is 7.39. The summed E-state index contributed by atoms with van der Waals surface area (Å²) >= 11 is 0. The maximum Gasteiger partial charge on any atom is 0.332 e. The van der Waals surface area contributed by atoms with Gasteiger partial charge in [0, 0.05) is 0 Å². The lowest BCUT2D eigenvalue weighted by Crippen LogP contribution is -2.37. The first-order valence-corrected chi connectivity index (χ1v) is 10.8. The molecular weight excluding hydrogens is 420 g/mol. The number of aldehydes is 1. The summed E-state index contributed by atoms with van der Waals surface area (Å²) in [5.74, 6) is -0.535. The molecule has 6 heteroatoms. The van der Waals surface area contributed by atoms with Gasteiger partial charge in [0.1, 0.15) is 25.4 Å². The summed E-state index contributed by atoms with van der Waals surface area (Å²) in [4.78, 5) is 24.0. The van der Waals surface area contributed by atoms with Gasteiger partial charge in [0.05, 0.1) is 19.8 Å². The number of ether oxygens (including phenoxy) is 4. The molecule has 2 atom stereocenters. The molecule has 0 heterocycles. The minimum Gasteiger partial charge on any atom is -0.461 e. The van der Waals surface area contributed by atoms with Gasteiger partial charge in [0.15, 0.2) is 6.29 Å². The maximum absolute atomic E-state index is 12.2. The Morgan fingerprint density at radius 1 is 0.697 bits per heavy atom. The third-order valence-electron chi connectivity index (χ3n) is 4.83. The smallest absolute Gasteiger partial charge is 0.332 e. The summed E-state index contributed by atoms with van der Waals surface area (Å²) in [6.07, 6.45) is -0.977. The van der Waals surface area contributed by atoms with Gasteiger partial charge in [0.25, 0.3) is 0 Å². The second kappa shape index (κ2) is 14.0. The Labute approximate surface area is 194 Å². The minimum atomic E-state index is -0.896. The molecule has 0 amide bonds. The summed E-state index contributed by atoms with van der Waals surface area (Å²) in [5, 5.41) is 0. The van der Waals surface area contributed by atoms with Crippen molar-refractivity contribution < 1.29 is 28.5 Å². The first kappa shape index (κ1) is 24.3.